The predicted octanol–water partition coefficient (Wildman–Crippen LogP) is 3.06. The van der Waals surface area contributed by atoms with Gasteiger partial charge in [0.2, 0.25) is 0 Å². The second kappa shape index (κ2) is 5.67. The van der Waals surface area contributed by atoms with Crippen molar-refractivity contribution in [2.75, 3.05) is 12.4 Å². The van der Waals surface area contributed by atoms with Gasteiger partial charge >= 0.3 is 0 Å². The molecule has 1 aliphatic carbocycles. The number of benzene rings is 1. The normalized spacial score (nSPS) is 17.8. The van der Waals surface area contributed by atoms with Crippen LogP contribution in [0.3, 0.4) is 0 Å². The number of rotatable bonds is 4. The van der Waals surface area contributed by atoms with Crippen LogP contribution in [0.2, 0.25) is 0 Å². The van der Waals surface area contributed by atoms with Crippen LogP contribution < -0.4 is 5.32 Å². The number of anilines is 1. The standard InChI is InChI=1S/C16H21N3O/c1-19-16-9-5-8-15(13(16)10-17-19)18-14-7-4-3-6-12(14)11-20-2/h3-4,6-7,10,15,18H,5,8-9,11H2,1-2H3. The summed E-state index contributed by atoms with van der Waals surface area (Å²) in [4.78, 5) is 0. The summed E-state index contributed by atoms with van der Waals surface area (Å²) in [5, 5.41) is 8.07. The molecule has 0 amide bonds. The van der Waals surface area contributed by atoms with E-state index >= 15 is 0 Å². The molecule has 1 atom stereocenters. The summed E-state index contributed by atoms with van der Waals surface area (Å²) in [7, 11) is 3.76. The molecule has 4 heteroatoms. The lowest BCUT2D eigenvalue weighted by atomic mass is 9.92. The molecule has 2 aromatic rings. The van der Waals surface area contributed by atoms with E-state index in [1.807, 2.05) is 17.9 Å². The highest BCUT2D eigenvalue weighted by Gasteiger charge is 2.23. The fourth-order valence-corrected chi connectivity index (χ4v) is 2.99. The molecule has 1 N–H and O–H groups in total. The summed E-state index contributed by atoms with van der Waals surface area (Å²) in [5.74, 6) is 0. The molecule has 0 radical (unpaired) electrons. The van der Waals surface area contributed by atoms with Gasteiger partial charge in [-0.3, -0.25) is 4.68 Å². The highest BCUT2D eigenvalue weighted by molar-refractivity contribution is 5.53. The molecule has 20 heavy (non-hydrogen) atoms. The maximum absolute atomic E-state index is 5.27. The number of fused-ring (bicyclic) bond motifs is 1. The SMILES string of the molecule is COCc1ccccc1NC1CCCc2c1cnn2C. The minimum absolute atomic E-state index is 0.352. The van der Waals surface area contributed by atoms with Crippen LogP contribution in [-0.2, 0) is 24.8 Å². The first-order chi connectivity index (χ1) is 9.79. The average molecular weight is 271 g/mol. The van der Waals surface area contributed by atoms with Gasteiger partial charge in [-0.05, 0) is 25.3 Å². The van der Waals surface area contributed by atoms with Gasteiger partial charge in [0, 0.05) is 36.7 Å². The summed E-state index contributed by atoms with van der Waals surface area (Å²) >= 11 is 0. The third kappa shape index (κ3) is 2.43. The Kier molecular flexibility index (Phi) is 3.74. The lowest BCUT2D eigenvalue weighted by Crippen LogP contribution is -2.18. The van der Waals surface area contributed by atoms with Crippen molar-refractivity contribution in [1.82, 2.24) is 9.78 Å². The highest BCUT2D eigenvalue weighted by atomic mass is 16.5. The van der Waals surface area contributed by atoms with Gasteiger partial charge in [0.15, 0.2) is 0 Å². The highest BCUT2D eigenvalue weighted by Crippen LogP contribution is 2.33. The van der Waals surface area contributed by atoms with Crippen LogP contribution in [0.4, 0.5) is 5.69 Å². The monoisotopic (exact) mass is 271 g/mol. The molecule has 0 spiro atoms. The molecule has 0 aliphatic heterocycles. The molecule has 106 valence electrons. The quantitative estimate of drug-likeness (QED) is 0.929. The van der Waals surface area contributed by atoms with Crippen LogP contribution in [0.1, 0.15) is 35.7 Å². The van der Waals surface area contributed by atoms with Crippen molar-refractivity contribution >= 4 is 5.69 Å². The van der Waals surface area contributed by atoms with Gasteiger partial charge in [-0.1, -0.05) is 18.2 Å². The van der Waals surface area contributed by atoms with Crippen molar-refractivity contribution in [3.63, 3.8) is 0 Å². The fraction of sp³-hybridized carbons (Fsp3) is 0.438. The lowest BCUT2D eigenvalue weighted by Gasteiger charge is -2.26. The Hall–Kier alpha value is -1.81. The van der Waals surface area contributed by atoms with Crippen LogP contribution in [0.25, 0.3) is 0 Å². The van der Waals surface area contributed by atoms with E-state index in [0.717, 1.165) is 18.5 Å². The molecule has 1 unspecified atom stereocenters. The molecule has 3 rings (SSSR count). The largest absolute Gasteiger partial charge is 0.380 e. The van der Waals surface area contributed by atoms with Crippen LogP contribution in [0.5, 0.6) is 0 Å². The lowest BCUT2D eigenvalue weighted by molar-refractivity contribution is 0.185. The molecule has 1 heterocycles. The number of para-hydroxylation sites is 1. The van der Waals surface area contributed by atoms with Crippen molar-refractivity contribution in [3.05, 3.63) is 47.3 Å². The Morgan fingerprint density at radius 3 is 3.10 bits per heavy atom. The minimum atomic E-state index is 0.352. The molecule has 1 aliphatic rings. The van der Waals surface area contributed by atoms with Gasteiger partial charge < -0.3 is 10.1 Å². The second-order valence-electron chi connectivity index (χ2n) is 5.35. The first-order valence-corrected chi connectivity index (χ1v) is 7.13. The second-order valence-corrected chi connectivity index (χ2v) is 5.35. The van der Waals surface area contributed by atoms with Crippen molar-refractivity contribution in [1.29, 1.82) is 0 Å². The van der Waals surface area contributed by atoms with Gasteiger partial charge in [-0.25, -0.2) is 0 Å². The van der Waals surface area contributed by atoms with Crippen LogP contribution in [-0.4, -0.2) is 16.9 Å². The van der Waals surface area contributed by atoms with Crippen molar-refractivity contribution in [2.45, 2.75) is 31.9 Å². The number of aromatic nitrogens is 2. The zero-order valence-corrected chi connectivity index (χ0v) is 12.1. The van der Waals surface area contributed by atoms with E-state index in [4.69, 9.17) is 4.74 Å². The van der Waals surface area contributed by atoms with E-state index in [2.05, 4.69) is 34.7 Å². The Morgan fingerprint density at radius 2 is 2.25 bits per heavy atom. The number of hydrogen-bond donors (Lipinski definition) is 1. The van der Waals surface area contributed by atoms with Gasteiger partial charge in [0.25, 0.3) is 0 Å². The fourth-order valence-electron chi connectivity index (χ4n) is 2.99. The van der Waals surface area contributed by atoms with E-state index in [0.29, 0.717) is 12.6 Å². The molecule has 0 fully saturated rings. The minimum Gasteiger partial charge on any atom is -0.380 e. The first kappa shape index (κ1) is 13.2. The Morgan fingerprint density at radius 1 is 1.40 bits per heavy atom. The van der Waals surface area contributed by atoms with Crippen molar-refractivity contribution in [3.8, 4) is 0 Å². The zero-order chi connectivity index (χ0) is 13.9. The topological polar surface area (TPSA) is 39.1 Å². The van der Waals surface area contributed by atoms with Crippen molar-refractivity contribution in [2.24, 2.45) is 7.05 Å². The van der Waals surface area contributed by atoms with E-state index in [1.165, 1.54) is 23.2 Å². The Bertz CT molecular complexity index is 591. The summed E-state index contributed by atoms with van der Waals surface area (Å²) in [6.07, 6.45) is 5.49. The molecular weight excluding hydrogens is 250 g/mol. The summed E-state index contributed by atoms with van der Waals surface area (Å²) < 4.78 is 7.28. The van der Waals surface area contributed by atoms with Crippen LogP contribution in [0.15, 0.2) is 30.5 Å². The maximum atomic E-state index is 5.27. The average Bonchev–Trinajstić information content (AvgIpc) is 2.84. The number of aryl methyl sites for hydroxylation is 1. The number of methoxy groups -OCH3 is 1. The number of ether oxygens (including phenoxy) is 1. The van der Waals surface area contributed by atoms with E-state index in [1.54, 1.807) is 7.11 Å². The third-order valence-corrected chi connectivity index (χ3v) is 4.02. The number of nitrogens with one attached hydrogen (secondary N) is 1. The Balaban J connectivity index is 1.86. The molecule has 0 saturated heterocycles. The molecule has 0 bridgehead atoms. The Labute approximate surface area is 119 Å². The smallest absolute Gasteiger partial charge is 0.0733 e. The number of hydrogen-bond acceptors (Lipinski definition) is 3. The van der Waals surface area contributed by atoms with E-state index < -0.39 is 0 Å². The zero-order valence-electron chi connectivity index (χ0n) is 12.1. The van der Waals surface area contributed by atoms with Crippen molar-refractivity contribution < 1.29 is 4.74 Å². The molecule has 1 aromatic heterocycles. The van der Waals surface area contributed by atoms with Crippen LogP contribution >= 0.6 is 0 Å². The van der Waals surface area contributed by atoms with Gasteiger partial charge in [0.05, 0.1) is 18.8 Å². The van der Waals surface area contributed by atoms with Crippen LogP contribution in [0, 0.1) is 0 Å². The van der Waals surface area contributed by atoms with E-state index in [-0.39, 0.29) is 0 Å². The summed E-state index contributed by atoms with van der Waals surface area (Å²) in [6, 6.07) is 8.70. The molecule has 1 aromatic carbocycles. The maximum Gasteiger partial charge on any atom is 0.0733 e. The van der Waals surface area contributed by atoms with Gasteiger partial charge in [-0.2, -0.15) is 5.10 Å². The van der Waals surface area contributed by atoms with Gasteiger partial charge in [-0.15, -0.1) is 0 Å². The third-order valence-electron chi connectivity index (χ3n) is 4.02. The summed E-state index contributed by atoms with van der Waals surface area (Å²) in [5.41, 5.74) is 5.06. The molecular formula is C16H21N3O. The van der Waals surface area contributed by atoms with Gasteiger partial charge in [0.1, 0.15) is 0 Å². The van der Waals surface area contributed by atoms with E-state index in [9.17, 15) is 0 Å². The predicted molar refractivity (Wildman–Crippen MR) is 79.7 cm³/mol. The molecule has 0 saturated carbocycles. The molecule has 4 nitrogen and oxygen atoms in total. The summed E-state index contributed by atoms with van der Waals surface area (Å²) in [6.45, 7) is 0.635. The number of nitrogens with zero attached hydrogens (tertiary/aromatic N) is 2. The first-order valence-electron chi connectivity index (χ1n) is 7.13.